The molecule has 5 heteroatoms. The van der Waals surface area contributed by atoms with Crippen LogP contribution >= 0.6 is 0 Å². The summed E-state index contributed by atoms with van der Waals surface area (Å²) in [6.07, 6.45) is 1.68. The van der Waals surface area contributed by atoms with Crippen LogP contribution in [-0.4, -0.2) is 41.0 Å². The number of nitrogens with two attached hydrogens (primary N) is 1. The van der Waals surface area contributed by atoms with Crippen LogP contribution in [0.4, 0.5) is 0 Å². The maximum Gasteiger partial charge on any atom is 0.309 e. The van der Waals surface area contributed by atoms with E-state index in [9.17, 15) is 9.59 Å². The van der Waals surface area contributed by atoms with Gasteiger partial charge in [-0.15, -0.1) is 0 Å². The van der Waals surface area contributed by atoms with Crippen molar-refractivity contribution in [2.45, 2.75) is 46.1 Å². The second-order valence-electron chi connectivity index (χ2n) is 5.93. The van der Waals surface area contributed by atoms with Crippen molar-refractivity contribution in [3.63, 3.8) is 0 Å². The summed E-state index contributed by atoms with van der Waals surface area (Å²) in [5.41, 5.74) is 5.17. The molecule has 1 aliphatic rings. The molecule has 104 valence electrons. The van der Waals surface area contributed by atoms with Crippen LogP contribution in [0.15, 0.2) is 0 Å². The first-order valence-corrected chi connectivity index (χ1v) is 6.54. The van der Waals surface area contributed by atoms with E-state index in [0.717, 1.165) is 0 Å². The third-order valence-corrected chi connectivity index (χ3v) is 3.74. The largest absolute Gasteiger partial charge is 0.481 e. The van der Waals surface area contributed by atoms with Gasteiger partial charge in [-0.2, -0.15) is 0 Å². The van der Waals surface area contributed by atoms with Gasteiger partial charge in [0.15, 0.2) is 0 Å². The Kier molecular flexibility index (Phi) is 4.73. The molecule has 1 aliphatic heterocycles. The van der Waals surface area contributed by atoms with Crippen molar-refractivity contribution in [2.24, 2.45) is 17.1 Å². The molecule has 0 aromatic carbocycles. The molecule has 1 rings (SSSR count). The Labute approximate surface area is 108 Å². The van der Waals surface area contributed by atoms with Crippen LogP contribution in [-0.2, 0) is 9.59 Å². The van der Waals surface area contributed by atoms with Crippen LogP contribution in [0.3, 0.4) is 0 Å². The third kappa shape index (κ3) is 3.45. The van der Waals surface area contributed by atoms with Crippen molar-refractivity contribution in [3.8, 4) is 0 Å². The van der Waals surface area contributed by atoms with E-state index in [1.54, 1.807) is 11.8 Å². The van der Waals surface area contributed by atoms with Gasteiger partial charge >= 0.3 is 5.97 Å². The third-order valence-electron chi connectivity index (χ3n) is 3.74. The molecule has 5 nitrogen and oxygen atoms in total. The lowest BCUT2D eigenvalue weighted by Crippen LogP contribution is -2.50. The normalized spacial score (nSPS) is 20.8. The average Bonchev–Trinajstić information content (AvgIpc) is 2.28. The van der Waals surface area contributed by atoms with Crippen LogP contribution in [0.2, 0.25) is 0 Å². The van der Waals surface area contributed by atoms with Gasteiger partial charge in [0, 0.05) is 13.1 Å². The number of aliphatic carboxylic acids is 1. The lowest BCUT2D eigenvalue weighted by Gasteiger charge is -2.37. The van der Waals surface area contributed by atoms with Gasteiger partial charge in [0.05, 0.1) is 11.5 Å². The van der Waals surface area contributed by atoms with Crippen molar-refractivity contribution in [3.05, 3.63) is 0 Å². The molecule has 1 fully saturated rings. The van der Waals surface area contributed by atoms with Gasteiger partial charge in [-0.25, -0.2) is 0 Å². The number of hydrogen-bond acceptors (Lipinski definition) is 3. The smallest absolute Gasteiger partial charge is 0.309 e. The molecule has 0 radical (unpaired) electrons. The molecule has 0 aromatic rings. The lowest BCUT2D eigenvalue weighted by molar-refractivity contribution is -0.153. The zero-order chi connectivity index (χ0) is 13.9. The van der Waals surface area contributed by atoms with E-state index in [1.807, 2.05) is 13.8 Å². The van der Waals surface area contributed by atoms with Crippen molar-refractivity contribution >= 4 is 11.9 Å². The Morgan fingerprint density at radius 2 is 1.83 bits per heavy atom. The lowest BCUT2D eigenvalue weighted by atomic mass is 9.80. The molecular weight excluding hydrogens is 232 g/mol. The average molecular weight is 256 g/mol. The summed E-state index contributed by atoms with van der Waals surface area (Å²) >= 11 is 0. The first-order chi connectivity index (χ1) is 8.26. The monoisotopic (exact) mass is 256 g/mol. The summed E-state index contributed by atoms with van der Waals surface area (Å²) in [5, 5.41) is 9.12. The zero-order valence-electron chi connectivity index (χ0n) is 11.5. The number of carbonyl (C=O) groups is 2. The van der Waals surface area contributed by atoms with E-state index in [0.29, 0.717) is 38.3 Å². The number of likely N-dealkylation sites (tertiary alicyclic amines) is 1. The number of piperidine rings is 1. The fourth-order valence-electron chi connectivity index (χ4n) is 2.28. The van der Waals surface area contributed by atoms with Crippen LogP contribution < -0.4 is 5.73 Å². The van der Waals surface area contributed by atoms with Crippen LogP contribution in [0.1, 0.15) is 40.0 Å². The van der Waals surface area contributed by atoms with E-state index in [4.69, 9.17) is 10.8 Å². The second-order valence-corrected chi connectivity index (χ2v) is 5.93. The summed E-state index contributed by atoms with van der Waals surface area (Å²) < 4.78 is 0. The highest BCUT2D eigenvalue weighted by Crippen LogP contribution is 2.31. The highest BCUT2D eigenvalue weighted by Gasteiger charge is 2.38. The maximum absolute atomic E-state index is 12.1. The van der Waals surface area contributed by atoms with Crippen molar-refractivity contribution in [1.29, 1.82) is 0 Å². The minimum atomic E-state index is -0.777. The topological polar surface area (TPSA) is 83.6 Å². The molecule has 1 saturated heterocycles. The minimum Gasteiger partial charge on any atom is -0.481 e. The quantitative estimate of drug-likeness (QED) is 0.788. The first kappa shape index (κ1) is 15.0. The van der Waals surface area contributed by atoms with Crippen molar-refractivity contribution in [2.75, 3.05) is 13.1 Å². The molecule has 0 aromatic heterocycles. The number of amides is 1. The zero-order valence-corrected chi connectivity index (χ0v) is 11.5. The molecule has 1 heterocycles. The molecule has 1 atom stereocenters. The van der Waals surface area contributed by atoms with Gasteiger partial charge in [0.2, 0.25) is 5.91 Å². The highest BCUT2D eigenvalue weighted by molar-refractivity contribution is 5.82. The van der Waals surface area contributed by atoms with Gasteiger partial charge < -0.3 is 15.7 Å². The number of carbonyl (C=O) groups excluding carboxylic acids is 1. The number of hydrogen-bond donors (Lipinski definition) is 2. The van der Waals surface area contributed by atoms with Gasteiger partial charge in [-0.05, 0) is 32.1 Å². The fourth-order valence-corrected chi connectivity index (χ4v) is 2.28. The Balaban J connectivity index is 2.52. The predicted octanol–water partition coefficient (Wildman–Crippen LogP) is 1.07. The number of rotatable bonds is 4. The Morgan fingerprint density at radius 1 is 1.33 bits per heavy atom. The van der Waals surface area contributed by atoms with E-state index < -0.39 is 17.4 Å². The Morgan fingerprint density at radius 3 is 2.22 bits per heavy atom. The number of nitrogens with zero attached hydrogens (tertiary/aromatic N) is 1. The molecule has 0 unspecified atom stereocenters. The summed E-state index contributed by atoms with van der Waals surface area (Å²) in [6.45, 7) is 6.79. The van der Waals surface area contributed by atoms with E-state index in [2.05, 4.69) is 0 Å². The van der Waals surface area contributed by atoms with Gasteiger partial charge in [0.25, 0.3) is 0 Å². The predicted molar refractivity (Wildman–Crippen MR) is 69.0 cm³/mol. The summed E-state index contributed by atoms with van der Waals surface area (Å²) in [7, 11) is 0. The van der Waals surface area contributed by atoms with Crippen LogP contribution in [0, 0.1) is 11.3 Å². The second kappa shape index (κ2) is 5.69. The SMILES string of the molecule is CC(C)C[C@H](N)C(=O)N1CCC(C)(C(=O)O)CC1. The van der Waals surface area contributed by atoms with Gasteiger partial charge in [-0.1, -0.05) is 13.8 Å². The maximum atomic E-state index is 12.1. The van der Waals surface area contributed by atoms with E-state index in [1.165, 1.54) is 0 Å². The van der Waals surface area contributed by atoms with Crippen LogP contribution in [0.5, 0.6) is 0 Å². The number of carboxylic acid groups (broad SMARTS) is 1. The molecule has 0 aliphatic carbocycles. The molecule has 1 amide bonds. The molecular formula is C13H24N2O3. The minimum absolute atomic E-state index is 0.0452. The van der Waals surface area contributed by atoms with Crippen molar-refractivity contribution in [1.82, 2.24) is 4.90 Å². The van der Waals surface area contributed by atoms with Gasteiger partial charge in [-0.3, -0.25) is 9.59 Å². The molecule has 18 heavy (non-hydrogen) atoms. The fraction of sp³-hybridized carbons (Fsp3) is 0.846. The summed E-state index contributed by atoms with van der Waals surface area (Å²) in [6, 6.07) is -0.459. The molecule has 3 N–H and O–H groups in total. The summed E-state index contributed by atoms with van der Waals surface area (Å²) in [4.78, 5) is 24.9. The molecule has 0 saturated carbocycles. The van der Waals surface area contributed by atoms with Crippen LogP contribution in [0.25, 0.3) is 0 Å². The standard InChI is InChI=1S/C13H24N2O3/c1-9(2)8-10(14)11(16)15-6-4-13(3,5-7-15)12(17)18/h9-10H,4-8,14H2,1-3H3,(H,17,18)/t10-/m0/s1. The highest BCUT2D eigenvalue weighted by atomic mass is 16.4. The summed E-state index contributed by atoms with van der Waals surface area (Å²) in [5.74, 6) is -0.435. The molecule has 0 bridgehead atoms. The Bertz CT molecular complexity index is 320. The van der Waals surface area contributed by atoms with Gasteiger partial charge in [0.1, 0.15) is 0 Å². The van der Waals surface area contributed by atoms with E-state index in [-0.39, 0.29) is 5.91 Å². The van der Waals surface area contributed by atoms with Crippen molar-refractivity contribution < 1.29 is 14.7 Å². The van der Waals surface area contributed by atoms with E-state index >= 15 is 0 Å². The Hall–Kier alpha value is -1.10. The first-order valence-electron chi connectivity index (χ1n) is 6.54. The number of carboxylic acids is 1. The molecule has 0 spiro atoms.